The predicted octanol–water partition coefficient (Wildman–Crippen LogP) is 3.95. The Hall–Kier alpha value is -1.51. The fourth-order valence-corrected chi connectivity index (χ4v) is 3.42. The maximum Gasteiger partial charge on any atom is 0.410 e. The lowest BCUT2D eigenvalue weighted by Crippen LogP contribution is -2.35. The number of rotatable bonds is 2. The summed E-state index contributed by atoms with van der Waals surface area (Å²) in [4.78, 5) is 14.1. The van der Waals surface area contributed by atoms with Crippen molar-refractivity contribution in [1.29, 1.82) is 0 Å². The summed E-state index contributed by atoms with van der Waals surface area (Å²) in [5.74, 6) is 0.372. The molecule has 1 saturated heterocycles. The van der Waals surface area contributed by atoms with Crippen LogP contribution in [0.15, 0.2) is 30.3 Å². The lowest BCUT2D eigenvalue weighted by Gasteiger charge is -2.32. The van der Waals surface area contributed by atoms with Gasteiger partial charge in [0.25, 0.3) is 0 Å². The second-order valence-electron chi connectivity index (χ2n) is 5.92. The van der Waals surface area contributed by atoms with Crippen molar-refractivity contribution < 1.29 is 9.53 Å². The molecule has 0 N–H and O–H groups in total. The van der Waals surface area contributed by atoms with E-state index in [-0.39, 0.29) is 12.2 Å². The molecule has 108 valence electrons. The van der Waals surface area contributed by atoms with Crippen LogP contribution in [-0.2, 0) is 4.74 Å². The highest BCUT2D eigenvalue weighted by Crippen LogP contribution is 2.35. The maximum absolute atomic E-state index is 12.2. The Kier molecular flexibility index (Phi) is 4.24. The molecule has 2 aliphatic rings. The van der Waals surface area contributed by atoms with E-state index in [2.05, 4.69) is 24.3 Å². The molecule has 0 aromatic heterocycles. The number of benzene rings is 1. The predicted molar refractivity (Wildman–Crippen MR) is 78.7 cm³/mol. The SMILES string of the molecule is O=C(O[C@@H]1CCCC[C@H]1c1ccccc1)N1CCCC1. The van der Waals surface area contributed by atoms with Crippen LogP contribution in [0.3, 0.4) is 0 Å². The van der Waals surface area contributed by atoms with Crippen molar-refractivity contribution in [2.45, 2.75) is 50.5 Å². The van der Waals surface area contributed by atoms with Crippen LogP contribution in [-0.4, -0.2) is 30.2 Å². The molecule has 3 rings (SSSR count). The van der Waals surface area contributed by atoms with Gasteiger partial charge in [0.05, 0.1) is 0 Å². The minimum atomic E-state index is -0.102. The van der Waals surface area contributed by atoms with Crippen LogP contribution in [0.1, 0.15) is 50.0 Å². The third-order valence-electron chi connectivity index (χ3n) is 4.55. The summed E-state index contributed by atoms with van der Waals surface area (Å²) in [6.07, 6.45) is 6.71. The van der Waals surface area contributed by atoms with Crippen LogP contribution < -0.4 is 0 Å². The van der Waals surface area contributed by atoms with Gasteiger partial charge in [-0.15, -0.1) is 0 Å². The van der Waals surface area contributed by atoms with Crippen molar-refractivity contribution in [2.24, 2.45) is 0 Å². The van der Waals surface area contributed by atoms with Crippen LogP contribution >= 0.6 is 0 Å². The van der Waals surface area contributed by atoms with Gasteiger partial charge in [0.2, 0.25) is 0 Å². The monoisotopic (exact) mass is 273 g/mol. The average molecular weight is 273 g/mol. The van der Waals surface area contributed by atoms with E-state index in [4.69, 9.17) is 4.74 Å². The van der Waals surface area contributed by atoms with E-state index in [1.807, 2.05) is 11.0 Å². The molecule has 0 spiro atoms. The van der Waals surface area contributed by atoms with E-state index < -0.39 is 0 Å². The first-order valence-electron chi connectivity index (χ1n) is 7.85. The molecule has 2 atom stereocenters. The van der Waals surface area contributed by atoms with Crippen molar-refractivity contribution in [3.63, 3.8) is 0 Å². The van der Waals surface area contributed by atoms with Gasteiger partial charge in [-0.2, -0.15) is 0 Å². The van der Waals surface area contributed by atoms with Crippen molar-refractivity contribution in [2.75, 3.05) is 13.1 Å². The largest absolute Gasteiger partial charge is 0.445 e. The Balaban J connectivity index is 1.67. The van der Waals surface area contributed by atoms with Crippen molar-refractivity contribution in [3.05, 3.63) is 35.9 Å². The van der Waals surface area contributed by atoms with Gasteiger partial charge in [-0.3, -0.25) is 0 Å². The second kappa shape index (κ2) is 6.29. The normalized spacial score (nSPS) is 26.5. The maximum atomic E-state index is 12.2. The number of amides is 1. The second-order valence-corrected chi connectivity index (χ2v) is 5.92. The zero-order chi connectivity index (χ0) is 13.8. The highest BCUT2D eigenvalue weighted by Gasteiger charge is 2.31. The summed E-state index contributed by atoms with van der Waals surface area (Å²) in [6.45, 7) is 1.73. The number of likely N-dealkylation sites (tertiary alicyclic amines) is 1. The van der Waals surface area contributed by atoms with E-state index in [1.54, 1.807) is 0 Å². The molecule has 1 aliphatic carbocycles. The minimum Gasteiger partial charge on any atom is -0.445 e. The number of ether oxygens (including phenoxy) is 1. The first kappa shape index (κ1) is 13.5. The molecule has 1 aromatic carbocycles. The molecule has 3 nitrogen and oxygen atoms in total. The fraction of sp³-hybridized carbons (Fsp3) is 0.588. The molecule has 2 fully saturated rings. The summed E-state index contributed by atoms with van der Waals surface area (Å²) in [6, 6.07) is 10.5. The third-order valence-corrected chi connectivity index (χ3v) is 4.55. The summed E-state index contributed by atoms with van der Waals surface area (Å²) in [5.41, 5.74) is 1.31. The van der Waals surface area contributed by atoms with E-state index >= 15 is 0 Å². The van der Waals surface area contributed by atoms with Gasteiger partial charge >= 0.3 is 6.09 Å². The molecule has 1 saturated carbocycles. The van der Waals surface area contributed by atoms with E-state index in [0.717, 1.165) is 38.8 Å². The molecule has 1 amide bonds. The van der Waals surface area contributed by atoms with Gasteiger partial charge in [0, 0.05) is 19.0 Å². The molecular formula is C17H23NO2. The van der Waals surface area contributed by atoms with Gasteiger partial charge in [0.15, 0.2) is 0 Å². The Labute approximate surface area is 120 Å². The van der Waals surface area contributed by atoms with Gasteiger partial charge in [0.1, 0.15) is 6.10 Å². The molecule has 1 aromatic rings. The topological polar surface area (TPSA) is 29.5 Å². The Morgan fingerprint density at radius 1 is 1.00 bits per heavy atom. The third kappa shape index (κ3) is 2.97. The Morgan fingerprint density at radius 3 is 2.45 bits per heavy atom. The van der Waals surface area contributed by atoms with Gasteiger partial charge < -0.3 is 9.64 Å². The highest BCUT2D eigenvalue weighted by molar-refractivity contribution is 5.68. The molecule has 0 bridgehead atoms. The number of hydrogen-bond acceptors (Lipinski definition) is 2. The zero-order valence-corrected chi connectivity index (χ0v) is 12.0. The molecule has 0 radical (unpaired) electrons. The highest BCUT2D eigenvalue weighted by atomic mass is 16.6. The minimum absolute atomic E-state index is 0.0549. The number of hydrogen-bond donors (Lipinski definition) is 0. The first-order chi connectivity index (χ1) is 9.84. The smallest absolute Gasteiger partial charge is 0.410 e. The molecule has 1 heterocycles. The molecular weight excluding hydrogens is 250 g/mol. The number of nitrogens with zero attached hydrogens (tertiary/aromatic N) is 1. The standard InChI is InChI=1S/C17H23NO2/c19-17(18-12-6-7-13-18)20-16-11-5-4-10-15(16)14-8-2-1-3-9-14/h1-3,8-9,15-16H,4-7,10-13H2/t15-,16+/m0/s1. The lowest BCUT2D eigenvalue weighted by molar-refractivity contribution is 0.0389. The quantitative estimate of drug-likeness (QED) is 0.816. The van der Waals surface area contributed by atoms with Crippen molar-refractivity contribution in [3.8, 4) is 0 Å². The summed E-state index contributed by atoms with van der Waals surface area (Å²) in [5, 5.41) is 0. The van der Waals surface area contributed by atoms with Crippen LogP contribution in [0.2, 0.25) is 0 Å². The average Bonchev–Trinajstić information content (AvgIpc) is 3.03. The number of carbonyl (C=O) groups is 1. The van der Waals surface area contributed by atoms with Gasteiger partial charge in [-0.1, -0.05) is 36.8 Å². The van der Waals surface area contributed by atoms with E-state index in [9.17, 15) is 4.79 Å². The van der Waals surface area contributed by atoms with Crippen LogP contribution in [0, 0.1) is 0 Å². The van der Waals surface area contributed by atoms with Gasteiger partial charge in [-0.05, 0) is 37.7 Å². The zero-order valence-electron chi connectivity index (χ0n) is 12.0. The van der Waals surface area contributed by atoms with Crippen LogP contribution in [0.5, 0.6) is 0 Å². The summed E-state index contributed by atoms with van der Waals surface area (Å²) < 4.78 is 5.83. The summed E-state index contributed by atoms with van der Waals surface area (Å²) >= 11 is 0. The van der Waals surface area contributed by atoms with E-state index in [1.165, 1.54) is 18.4 Å². The lowest BCUT2D eigenvalue weighted by atomic mass is 9.81. The molecule has 0 unspecified atom stereocenters. The van der Waals surface area contributed by atoms with Gasteiger partial charge in [-0.25, -0.2) is 4.79 Å². The molecule has 3 heteroatoms. The number of carbonyl (C=O) groups excluding carboxylic acids is 1. The fourth-order valence-electron chi connectivity index (χ4n) is 3.42. The molecule has 1 aliphatic heterocycles. The van der Waals surface area contributed by atoms with Crippen LogP contribution in [0.4, 0.5) is 4.79 Å². The van der Waals surface area contributed by atoms with Crippen LogP contribution in [0.25, 0.3) is 0 Å². The first-order valence-corrected chi connectivity index (χ1v) is 7.85. The Morgan fingerprint density at radius 2 is 1.70 bits per heavy atom. The van der Waals surface area contributed by atoms with Crippen molar-refractivity contribution >= 4 is 6.09 Å². The van der Waals surface area contributed by atoms with E-state index in [0.29, 0.717) is 5.92 Å². The van der Waals surface area contributed by atoms with Crippen molar-refractivity contribution in [1.82, 2.24) is 4.90 Å². The summed E-state index contributed by atoms with van der Waals surface area (Å²) in [7, 11) is 0. The molecule has 20 heavy (non-hydrogen) atoms. The Bertz CT molecular complexity index is 440.